The zero-order chi connectivity index (χ0) is 28.8. The molecule has 3 aromatic rings. The van der Waals surface area contributed by atoms with Crippen LogP contribution in [0.15, 0.2) is 78.9 Å². The predicted molar refractivity (Wildman–Crippen MR) is 152 cm³/mol. The van der Waals surface area contributed by atoms with E-state index in [-0.39, 0.29) is 24.6 Å². The van der Waals surface area contributed by atoms with Crippen LogP contribution in [-0.2, 0) is 32.6 Å². The van der Waals surface area contributed by atoms with Crippen molar-refractivity contribution in [3.63, 3.8) is 0 Å². The van der Waals surface area contributed by atoms with Gasteiger partial charge in [-0.1, -0.05) is 60.7 Å². The SMILES string of the molecule is Cc1ccccc1CN(C(=O)CN(c1cccc(F)c1)S(C)(=O)=O)C(Cc1ccccc1)C(=O)NC(C)(C)C. The molecule has 7 nitrogen and oxygen atoms in total. The summed E-state index contributed by atoms with van der Waals surface area (Å²) in [4.78, 5) is 29.1. The fourth-order valence-electron chi connectivity index (χ4n) is 4.22. The summed E-state index contributed by atoms with van der Waals surface area (Å²) in [6.07, 6.45) is 1.18. The van der Waals surface area contributed by atoms with Gasteiger partial charge in [0.05, 0.1) is 11.9 Å². The molecule has 0 heterocycles. The number of benzene rings is 3. The maximum absolute atomic E-state index is 14.0. The van der Waals surface area contributed by atoms with E-state index in [9.17, 15) is 22.4 Å². The molecule has 9 heteroatoms. The molecule has 0 fully saturated rings. The predicted octanol–water partition coefficient (Wildman–Crippen LogP) is 4.45. The molecule has 0 spiro atoms. The van der Waals surface area contributed by atoms with Crippen molar-refractivity contribution in [1.82, 2.24) is 10.2 Å². The van der Waals surface area contributed by atoms with E-state index in [0.717, 1.165) is 33.3 Å². The smallest absolute Gasteiger partial charge is 0.244 e. The zero-order valence-corrected chi connectivity index (χ0v) is 23.8. The number of aryl methyl sites for hydroxylation is 1. The molecule has 1 atom stereocenters. The molecule has 39 heavy (non-hydrogen) atoms. The van der Waals surface area contributed by atoms with Gasteiger partial charge in [0.25, 0.3) is 0 Å². The number of carbonyl (C=O) groups is 2. The zero-order valence-electron chi connectivity index (χ0n) is 23.0. The first-order chi connectivity index (χ1) is 18.2. The fourth-order valence-corrected chi connectivity index (χ4v) is 5.06. The van der Waals surface area contributed by atoms with Gasteiger partial charge in [-0.3, -0.25) is 13.9 Å². The number of carbonyl (C=O) groups excluding carboxylic acids is 2. The molecule has 0 bridgehead atoms. The molecule has 0 aromatic heterocycles. The Morgan fingerprint density at radius 2 is 1.59 bits per heavy atom. The van der Waals surface area contributed by atoms with Crippen LogP contribution in [0.2, 0.25) is 0 Å². The number of hydrogen-bond acceptors (Lipinski definition) is 4. The van der Waals surface area contributed by atoms with Crippen LogP contribution < -0.4 is 9.62 Å². The number of nitrogens with zero attached hydrogens (tertiary/aromatic N) is 2. The van der Waals surface area contributed by atoms with E-state index in [0.29, 0.717) is 0 Å². The molecule has 0 saturated heterocycles. The van der Waals surface area contributed by atoms with Crippen LogP contribution in [-0.4, -0.2) is 49.5 Å². The topological polar surface area (TPSA) is 86.8 Å². The van der Waals surface area contributed by atoms with Crippen molar-refractivity contribution in [2.24, 2.45) is 0 Å². The van der Waals surface area contributed by atoms with Gasteiger partial charge in [-0.05, 0) is 62.6 Å². The fraction of sp³-hybridized carbons (Fsp3) is 0.333. The number of anilines is 1. The second-order valence-electron chi connectivity index (χ2n) is 10.6. The highest BCUT2D eigenvalue weighted by atomic mass is 32.2. The number of sulfonamides is 1. The number of halogens is 1. The molecular weight excluding hydrogens is 517 g/mol. The minimum atomic E-state index is -3.96. The summed E-state index contributed by atoms with van der Waals surface area (Å²) in [5, 5.41) is 2.98. The van der Waals surface area contributed by atoms with E-state index in [1.54, 1.807) is 0 Å². The van der Waals surface area contributed by atoms with Gasteiger partial charge in [0.15, 0.2) is 0 Å². The van der Waals surface area contributed by atoms with Crippen molar-refractivity contribution in [1.29, 1.82) is 0 Å². The molecule has 2 amide bonds. The molecule has 3 aromatic carbocycles. The van der Waals surface area contributed by atoms with Gasteiger partial charge in [0, 0.05) is 18.5 Å². The van der Waals surface area contributed by atoms with Gasteiger partial charge < -0.3 is 10.2 Å². The van der Waals surface area contributed by atoms with E-state index >= 15 is 0 Å². The Labute approximate surface area is 230 Å². The number of nitrogens with one attached hydrogen (secondary N) is 1. The Bertz CT molecular complexity index is 1400. The van der Waals surface area contributed by atoms with Gasteiger partial charge in [0.1, 0.15) is 18.4 Å². The largest absolute Gasteiger partial charge is 0.350 e. The molecule has 1 unspecified atom stereocenters. The maximum atomic E-state index is 14.0. The van der Waals surface area contributed by atoms with Crippen molar-refractivity contribution < 1.29 is 22.4 Å². The van der Waals surface area contributed by atoms with E-state index in [1.165, 1.54) is 23.1 Å². The van der Waals surface area contributed by atoms with E-state index in [4.69, 9.17) is 0 Å². The lowest BCUT2D eigenvalue weighted by Crippen LogP contribution is -2.56. The number of rotatable bonds is 10. The molecule has 1 N–H and O–H groups in total. The van der Waals surface area contributed by atoms with Gasteiger partial charge >= 0.3 is 0 Å². The Hall–Kier alpha value is -3.72. The highest BCUT2D eigenvalue weighted by Crippen LogP contribution is 2.22. The minimum Gasteiger partial charge on any atom is -0.350 e. The monoisotopic (exact) mass is 553 g/mol. The standard InChI is InChI=1S/C30H36FN3O4S/c1-22-12-9-10-15-24(22)20-33(27(29(36)32-30(2,3)4)18-23-13-7-6-8-14-23)28(35)21-34(39(5,37)38)26-17-11-16-25(31)19-26/h6-17,19,27H,18,20-21H2,1-5H3,(H,32,36). The third-order valence-corrected chi connectivity index (χ3v) is 7.29. The summed E-state index contributed by atoms with van der Waals surface area (Å²) in [7, 11) is -3.96. The maximum Gasteiger partial charge on any atom is 0.244 e. The van der Waals surface area contributed by atoms with Gasteiger partial charge in [0.2, 0.25) is 21.8 Å². The summed E-state index contributed by atoms with van der Waals surface area (Å²) in [6.45, 7) is 6.96. The van der Waals surface area contributed by atoms with Crippen molar-refractivity contribution >= 4 is 27.5 Å². The highest BCUT2D eigenvalue weighted by molar-refractivity contribution is 7.92. The van der Waals surface area contributed by atoms with Gasteiger partial charge in [-0.15, -0.1) is 0 Å². The highest BCUT2D eigenvalue weighted by Gasteiger charge is 2.34. The second kappa shape index (κ2) is 12.4. The van der Waals surface area contributed by atoms with Crippen molar-refractivity contribution in [2.45, 2.75) is 52.2 Å². The quantitative estimate of drug-likeness (QED) is 0.402. The third kappa shape index (κ3) is 8.64. The van der Waals surface area contributed by atoms with Gasteiger partial charge in [-0.25, -0.2) is 12.8 Å². The lowest BCUT2D eigenvalue weighted by Gasteiger charge is -2.35. The second-order valence-corrected chi connectivity index (χ2v) is 12.5. The first kappa shape index (κ1) is 29.8. The average Bonchev–Trinajstić information content (AvgIpc) is 2.84. The number of hydrogen-bond donors (Lipinski definition) is 1. The van der Waals surface area contributed by atoms with Gasteiger partial charge in [-0.2, -0.15) is 0 Å². The first-order valence-electron chi connectivity index (χ1n) is 12.7. The van der Waals surface area contributed by atoms with E-state index < -0.39 is 39.9 Å². The first-order valence-corrected chi connectivity index (χ1v) is 14.5. The third-order valence-electron chi connectivity index (χ3n) is 6.15. The lowest BCUT2D eigenvalue weighted by atomic mass is 10.00. The molecule has 3 rings (SSSR count). The summed E-state index contributed by atoms with van der Waals surface area (Å²) < 4.78 is 40.4. The van der Waals surface area contributed by atoms with Crippen LogP contribution >= 0.6 is 0 Å². The Balaban J connectivity index is 2.09. The van der Waals surface area contributed by atoms with Crippen LogP contribution in [0.25, 0.3) is 0 Å². The average molecular weight is 554 g/mol. The normalized spacial score (nSPS) is 12.5. The van der Waals surface area contributed by atoms with Crippen molar-refractivity contribution in [2.75, 3.05) is 17.1 Å². The summed E-state index contributed by atoms with van der Waals surface area (Å²) in [5.41, 5.74) is 2.06. The molecule has 0 aliphatic rings. The Kier molecular flexibility index (Phi) is 9.50. The van der Waals surface area contributed by atoms with Crippen molar-refractivity contribution in [3.8, 4) is 0 Å². The van der Waals surface area contributed by atoms with E-state index in [2.05, 4.69) is 5.32 Å². The van der Waals surface area contributed by atoms with Crippen LogP contribution in [0.5, 0.6) is 0 Å². The van der Waals surface area contributed by atoms with Crippen LogP contribution in [0.1, 0.15) is 37.5 Å². The molecular formula is C30H36FN3O4S. The molecule has 0 aliphatic carbocycles. The van der Waals surface area contributed by atoms with E-state index in [1.807, 2.05) is 82.3 Å². The molecule has 0 radical (unpaired) electrons. The summed E-state index contributed by atoms with van der Waals surface area (Å²) in [6, 6.07) is 21.0. The van der Waals surface area contributed by atoms with Crippen molar-refractivity contribution in [3.05, 3.63) is 101 Å². The minimum absolute atomic E-state index is 0.0282. The molecule has 0 saturated carbocycles. The van der Waals surface area contributed by atoms with Crippen LogP contribution in [0.4, 0.5) is 10.1 Å². The van der Waals surface area contributed by atoms with Crippen LogP contribution in [0.3, 0.4) is 0 Å². The summed E-state index contributed by atoms with van der Waals surface area (Å²) in [5.74, 6) is -1.57. The molecule has 0 aliphatic heterocycles. The number of amides is 2. The summed E-state index contributed by atoms with van der Waals surface area (Å²) >= 11 is 0. The van der Waals surface area contributed by atoms with Crippen LogP contribution in [0, 0.1) is 12.7 Å². The molecule has 208 valence electrons. The Morgan fingerprint density at radius 1 is 0.949 bits per heavy atom. The Morgan fingerprint density at radius 3 is 2.18 bits per heavy atom. The lowest BCUT2D eigenvalue weighted by molar-refractivity contribution is -0.140.